The van der Waals surface area contributed by atoms with E-state index in [1.165, 1.54) is 0 Å². The summed E-state index contributed by atoms with van der Waals surface area (Å²) in [5.41, 5.74) is 6.86. The lowest BCUT2D eigenvalue weighted by molar-refractivity contribution is 0.0780. The van der Waals surface area contributed by atoms with Crippen LogP contribution in [0, 0.1) is 5.92 Å². The van der Waals surface area contributed by atoms with Gasteiger partial charge in [0.15, 0.2) is 0 Å². The number of hydrogen-bond acceptors (Lipinski definition) is 2. The Balaban J connectivity index is 2.91. The van der Waals surface area contributed by atoms with Crippen LogP contribution in [0.4, 0.5) is 5.69 Å². The summed E-state index contributed by atoms with van der Waals surface area (Å²) in [6.45, 7) is 4.88. The molecule has 0 aliphatic carbocycles. The lowest BCUT2D eigenvalue weighted by Gasteiger charge is -2.20. The van der Waals surface area contributed by atoms with Crippen molar-refractivity contribution in [2.24, 2.45) is 5.92 Å². The molecule has 0 bridgehead atoms. The van der Waals surface area contributed by atoms with Gasteiger partial charge in [0.05, 0.1) is 5.56 Å². The van der Waals surface area contributed by atoms with Gasteiger partial charge in [0.25, 0.3) is 5.91 Å². The number of carbonyl (C=O) groups is 1. The summed E-state index contributed by atoms with van der Waals surface area (Å²) in [7, 11) is 1.79. The molecule has 0 radical (unpaired) electrons. The summed E-state index contributed by atoms with van der Waals surface area (Å²) in [5.74, 6) is 0.412. The molecule has 0 aromatic heterocycles. The van der Waals surface area contributed by atoms with Crippen LogP contribution in [0.5, 0.6) is 0 Å². The first kappa shape index (κ1) is 13.0. The van der Waals surface area contributed by atoms with E-state index >= 15 is 0 Å². The number of anilines is 1. The maximum absolute atomic E-state index is 12.1. The van der Waals surface area contributed by atoms with Crippen molar-refractivity contribution in [2.45, 2.75) is 13.8 Å². The van der Waals surface area contributed by atoms with Crippen LogP contribution in [0.15, 0.2) is 22.7 Å². The fraction of sp³-hybridized carbons (Fsp3) is 0.417. The number of carbonyl (C=O) groups excluding carboxylic acids is 1. The number of halogens is 1. The van der Waals surface area contributed by atoms with Gasteiger partial charge in [-0.15, -0.1) is 0 Å². The topological polar surface area (TPSA) is 46.3 Å². The predicted octanol–water partition coefficient (Wildman–Crippen LogP) is 2.76. The van der Waals surface area contributed by atoms with E-state index in [0.29, 0.717) is 17.2 Å². The predicted molar refractivity (Wildman–Crippen MR) is 70.4 cm³/mol. The Labute approximate surface area is 105 Å². The van der Waals surface area contributed by atoms with Gasteiger partial charge >= 0.3 is 0 Å². The highest BCUT2D eigenvalue weighted by atomic mass is 79.9. The Morgan fingerprint density at radius 3 is 2.69 bits per heavy atom. The van der Waals surface area contributed by atoms with Crippen LogP contribution in [0.25, 0.3) is 0 Å². The highest BCUT2D eigenvalue weighted by molar-refractivity contribution is 9.10. The minimum atomic E-state index is -0.0347. The zero-order chi connectivity index (χ0) is 12.3. The van der Waals surface area contributed by atoms with Crippen molar-refractivity contribution in [2.75, 3.05) is 19.3 Å². The van der Waals surface area contributed by atoms with Crippen LogP contribution in [0.1, 0.15) is 24.2 Å². The number of nitrogens with zero attached hydrogens (tertiary/aromatic N) is 1. The molecule has 16 heavy (non-hydrogen) atoms. The highest BCUT2D eigenvalue weighted by Crippen LogP contribution is 2.20. The largest absolute Gasteiger partial charge is 0.398 e. The fourth-order valence-corrected chi connectivity index (χ4v) is 1.91. The van der Waals surface area contributed by atoms with Crippen LogP contribution in [-0.4, -0.2) is 24.4 Å². The number of hydrogen-bond donors (Lipinski definition) is 1. The van der Waals surface area contributed by atoms with Gasteiger partial charge in [-0.25, -0.2) is 0 Å². The van der Waals surface area contributed by atoms with Crippen LogP contribution < -0.4 is 5.73 Å². The minimum absolute atomic E-state index is 0.0347. The number of nitrogens with two attached hydrogens (primary N) is 1. The molecule has 0 aliphatic rings. The molecule has 0 fully saturated rings. The Morgan fingerprint density at radius 1 is 1.50 bits per heavy atom. The second kappa shape index (κ2) is 5.34. The average Bonchev–Trinajstić information content (AvgIpc) is 2.19. The zero-order valence-electron chi connectivity index (χ0n) is 9.83. The van der Waals surface area contributed by atoms with Crippen molar-refractivity contribution >= 4 is 27.5 Å². The molecule has 0 spiro atoms. The summed E-state index contributed by atoms with van der Waals surface area (Å²) in [4.78, 5) is 13.8. The number of rotatable bonds is 3. The van der Waals surface area contributed by atoms with Gasteiger partial charge in [-0.1, -0.05) is 29.8 Å². The first-order valence-electron chi connectivity index (χ1n) is 5.22. The fourth-order valence-electron chi connectivity index (χ4n) is 1.55. The first-order chi connectivity index (χ1) is 7.41. The molecule has 0 atom stereocenters. The molecule has 88 valence electrons. The summed E-state index contributed by atoms with van der Waals surface area (Å²) in [6.07, 6.45) is 0. The van der Waals surface area contributed by atoms with Crippen molar-refractivity contribution in [3.63, 3.8) is 0 Å². The Morgan fingerprint density at radius 2 is 2.12 bits per heavy atom. The second-order valence-corrected chi connectivity index (χ2v) is 5.23. The summed E-state index contributed by atoms with van der Waals surface area (Å²) in [5, 5.41) is 0. The Kier molecular flexibility index (Phi) is 4.35. The number of amides is 1. The lowest BCUT2D eigenvalue weighted by atomic mass is 10.1. The number of nitrogen functional groups attached to an aromatic ring is 1. The van der Waals surface area contributed by atoms with E-state index in [1.54, 1.807) is 24.1 Å². The van der Waals surface area contributed by atoms with E-state index in [2.05, 4.69) is 29.8 Å². The molecule has 1 aromatic carbocycles. The quantitative estimate of drug-likeness (QED) is 0.868. The van der Waals surface area contributed by atoms with Gasteiger partial charge < -0.3 is 10.6 Å². The molecule has 0 aliphatic heterocycles. The van der Waals surface area contributed by atoms with Crippen LogP contribution in [-0.2, 0) is 0 Å². The normalized spacial score (nSPS) is 10.6. The number of benzene rings is 1. The van der Waals surface area contributed by atoms with Gasteiger partial charge in [0, 0.05) is 23.8 Å². The van der Waals surface area contributed by atoms with Crippen molar-refractivity contribution in [1.82, 2.24) is 4.90 Å². The third kappa shape index (κ3) is 3.23. The van der Waals surface area contributed by atoms with Gasteiger partial charge in [0.1, 0.15) is 0 Å². The molecule has 2 N–H and O–H groups in total. The van der Waals surface area contributed by atoms with Crippen LogP contribution >= 0.6 is 15.9 Å². The molecule has 0 heterocycles. The van der Waals surface area contributed by atoms with Gasteiger partial charge in [-0.2, -0.15) is 0 Å². The lowest BCUT2D eigenvalue weighted by Crippen LogP contribution is -2.30. The van der Waals surface area contributed by atoms with Crippen LogP contribution in [0.3, 0.4) is 0 Å². The van der Waals surface area contributed by atoms with Crippen molar-refractivity contribution < 1.29 is 4.79 Å². The smallest absolute Gasteiger partial charge is 0.255 e. The van der Waals surface area contributed by atoms with Crippen molar-refractivity contribution in [3.8, 4) is 0 Å². The zero-order valence-corrected chi connectivity index (χ0v) is 11.4. The van der Waals surface area contributed by atoms with E-state index in [1.807, 2.05) is 6.07 Å². The SMILES string of the molecule is CC(C)CN(C)C(=O)c1cc(Br)ccc1N. The summed E-state index contributed by atoms with van der Waals surface area (Å²) in [6, 6.07) is 5.32. The Hall–Kier alpha value is -1.03. The molecule has 0 saturated heterocycles. The van der Waals surface area contributed by atoms with E-state index in [0.717, 1.165) is 11.0 Å². The molecule has 1 amide bonds. The van der Waals surface area contributed by atoms with Gasteiger partial charge in [0.2, 0.25) is 0 Å². The third-order valence-electron chi connectivity index (χ3n) is 2.23. The molecular weight excluding hydrogens is 268 g/mol. The van der Waals surface area contributed by atoms with Crippen LogP contribution in [0.2, 0.25) is 0 Å². The molecule has 3 nitrogen and oxygen atoms in total. The Bertz CT molecular complexity index is 391. The van der Waals surface area contributed by atoms with E-state index in [-0.39, 0.29) is 5.91 Å². The highest BCUT2D eigenvalue weighted by Gasteiger charge is 2.15. The van der Waals surface area contributed by atoms with Gasteiger partial charge in [-0.05, 0) is 24.1 Å². The first-order valence-corrected chi connectivity index (χ1v) is 6.01. The summed E-state index contributed by atoms with van der Waals surface area (Å²) >= 11 is 3.34. The molecule has 1 aromatic rings. The molecule has 0 unspecified atom stereocenters. The minimum Gasteiger partial charge on any atom is -0.398 e. The van der Waals surface area contributed by atoms with E-state index < -0.39 is 0 Å². The maximum Gasteiger partial charge on any atom is 0.255 e. The average molecular weight is 285 g/mol. The molecule has 0 saturated carbocycles. The summed E-state index contributed by atoms with van der Waals surface area (Å²) < 4.78 is 0.864. The standard InChI is InChI=1S/C12H17BrN2O/c1-8(2)7-15(3)12(16)10-6-9(13)4-5-11(10)14/h4-6,8H,7,14H2,1-3H3. The second-order valence-electron chi connectivity index (χ2n) is 4.31. The van der Waals surface area contributed by atoms with Gasteiger partial charge in [-0.3, -0.25) is 4.79 Å². The van der Waals surface area contributed by atoms with E-state index in [4.69, 9.17) is 5.73 Å². The third-order valence-corrected chi connectivity index (χ3v) is 2.72. The molecule has 4 heteroatoms. The van der Waals surface area contributed by atoms with Crippen molar-refractivity contribution in [1.29, 1.82) is 0 Å². The van der Waals surface area contributed by atoms with E-state index in [9.17, 15) is 4.79 Å². The maximum atomic E-state index is 12.1. The monoisotopic (exact) mass is 284 g/mol. The molecule has 1 rings (SSSR count). The van der Waals surface area contributed by atoms with Crippen molar-refractivity contribution in [3.05, 3.63) is 28.2 Å². The molecular formula is C12H17BrN2O.